The molecule has 0 aliphatic carbocycles. The number of tetrazole rings is 1. The van der Waals surface area contributed by atoms with Gasteiger partial charge in [0, 0.05) is 41.2 Å². The Morgan fingerprint density at radius 3 is 2.73 bits per heavy atom. The number of pyridine rings is 2. The fraction of sp³-hybridized carbons (Fsp3) is 0.276. The Bertz CT molecular complexity index is 1880. The van der Waals surface area contributed by atoms with E-state index in [4.69, 9.17) is 32.7 Å². The molecule has 1 atom stereocenters. The number of H-pyrrole nitrogens is 1. The number of hydrogen-bond acceptors (Lipinski definition) is 9. The number of fused-ring (bicyclic) bond motifs is 1. The molecule has 1 amide bonds. The number of carbonyl (C=O) groups is 1. The first kappa shape index (κ1) is 30.4. The second-order valence-corrected chi connectivity index (χ2v) is 10.9. The van der Waals surface area contributed by atoms with Crippen LogP contribution in [-0.4, -0.2) is 84.4 Å². The van der Waals surface area contributed by atoms with Gasteiger partial charge >= 0.3 is 6.09 Å². The average Bonchev–Trinajstić information content (AvgIpc) is 3.79. The van der Waals surface area contributed by atoms with Crippen molar-refractivity contribution in [3.05, 3.63) is 87.0 Å². The molecule has 0 fully saturated rings. The number of nitrogens with zero attached hydrogens (tertiary/aromatic N) is 8. The number of aromatic nitrogens is 8. The minimum absolute atomic E-state index is 0.105. The van der Waals surface area contributed by atoms with Crippen molar-refractivity contribution in [3.8, 4) is 28.1 Å². The van der Waals surface area contributed by atoms with Crippen LogP contribution in [0.15, 0.2) is 59.8 Å². The van der Waals surface area contributed by atoms with Crippen LogP contribution >= 0.6 is 23.2 Å². The summed E-state index contributed by atoms with van der Waals surface area (Å²) in [5.74, 6) is 0.776. The van der Waals surface area contributed by atoms with Crippen molar-refractivity contribution in [3.63, 3.8) is 0 Å². The van der Waals surface area contributed by atoms with Gasteiger partial charge in [-0.25, -0.2) is 14.8 Å². The van der Waals surface area contributed by atoms with E-state index >= 15 is 0 Å². The highest BCUT2D eigenvalue weighted by molar-refractivity contribution is 6.32. The van der Waals surface area contributed by atoms with Crippen LogP contribution in [0.5, 0.6) is 0 Å². The highest BCUT2D eigenvalue weighted by Gasteiger charge is 2.29. The third-order valence-electron chi connectivity index (χ3n) is 7.43. The number of rotatable bonds is 11. The van der Waals surface area contributed by atoms with Gasteiger partial charge in [0.15, 0.2) is 5.15 Å². The summed E-state index contributed by atoms with van der Waals surface area (Å²) in [5.41, 5.74) is 3.87. The van der Waals surface area contributed by atoms with Gasteiger partial charge in [0.25, 0.3) is 5.56 Å². The minimum atomic E-state index is -1.15. The number of aromatic amines is 1. The van der Waals surface area contributed by atoms with E-state index in [1.54, 1.807) is 48.1 Å². The molecule has 1 aliphatic heterocycles. The summed E-state index contributed by atoms with van der Waals surface area (Å²) < 4.78 is 13.6. The van der Waals surface area contributed by atoms with Gasteiger partial charge in [-0.15, -0.1) is 5.10 Å². The monoisotopic (exact) mass is 651 g/mol. The maximum Gasteiger partial charge on any atom is 0.413 e. The smallest absolute Gasteiger partial charge is 0.413 e. The largest absolute Gasteiger partial charge is 0.465 e. The number of imidazole rings is 1. The van der Waals surface area contributed by atoms with Crippen molar-refractivity contribution in [1.82, 2.24) is 39.7 Å². The molecule has 0 spiro atoms. The van der Waals surface area contributed by atoms with Crippen molar-refractivity contribution in [2.75, 3.05) is 38.4 Å². The first-order chi connectivity index (χ1) is 21.8. The van der Waals surface area contributed by atoms with Crippen LogP contribution in [0, 0.1) is 0 Å². The Hall–Kier alpha value is -4.63. The standard InChI is InChI=1S/C29H27Cl2N9O5/c1-44-10-11-45-9-8-38(29(42)43)24-7-2-17(15-32-24)26-27(31)35-28(34-26)23-6-4-20-12-18(13-25(41)40(20)23)21-14-19(30)3-5-22(21)39-16-33-36-37-39/h2-3,5,7,12-16,23H,4,6,8-11H2,1H3,(H,34,35)(H,42,43)/t23-/m0/s1. The summed E-state index contributed by atoms with van der Waals surface area (Å²) in [4.78, 5) is 38.6. The molecular weight excluding hydrogens is 625 g/mol. The molecule has 0 unspecified atom stereocenters. The molecule has 16 heteroatoms. The lowest BCUT2D eigenvalue weighted by Crippen LogP contribution is -2.33. The fourth-order valence-electron chi connectivity index (χ4n) is 5.34. The summed E-state index contributed by atoms with van der Waals surface area (Å²) in [6, 6.07) is 11.8. The zero-order valence-corrected chi connectivity index (χ0v) is 25.4. The van der Waals surface area contributed by atoms with Gasteiger partial charge in [-0.2, -0.15) is 4.68 Å². The van der Waals surface area contributed by atoms with Crippen LogP contribution in [0.3, 0.4) is 0 Å². The van der Waals surface area contributed by atoms with Crippen molar-refractivity contribution in [2.24, 2.45) is 0 Å². The van der Waals surface area contributed by atoms with Crippen LogP contribution in [0.4, 0.5) is 10.6 Å². The molecule has 0 saturated carbocycles. The van der Waals surface area contributed by atoms with Gasteiger partial charge in [0.1, 0.15) is 18.0 Å². The maximum atomic E-state index is 13.5. The van der Waals surface area contributed by atoms with E-state index in [0.717, 1.165) is 16.2 Å². The first-order valence-corrected chi connectivity index (χ1v) is 14.7. The number of hydrogen-bond donors (Lipinski definition) is 2. The topological polar surface area (TPSA) is 166 Å². The number of nitrogens with one attached hydrogen (secondary N) is 1. The number of benzene rings is 1. The van der Waals surface area contributed by atoms with Gasteiger partial charge in [-0.1, -0.05) is 23.2 Å². The molecule has 0 bridgehead atoms. The molecule has 6 rings (SSSR count). The summed E-state index contributed by atoms with van der Waals surface area (Å²) in [6.45, 7) is 1.08. The molecule has 5 aromatic rings. The lowest BCUT2D eigenvalue weighted by Gasteiger charge is -2.18. The van der Waals surface area contributed by atoms with Crippen LogP contribution in [0.2, 0.25) is 10.2 Å². The molecule has 2 N–H and O–H groups in total. The minimum Gasteiger partial charge on any atom is -0.465 e. The second kappa shape index (κ2) is 13.2. The average molecular weight is 652 g/mol. The quantitative estimate of drug-likeness (QED) is 0.197. The van der Waals surface area contributed by atoms with Gasteiger partial charge < -0.3 is 24.1 Å². The Kier molecular flexibility index (Phi) is 8.89. The number of ether oxygens (including phenoxy) is 2. The van der Waals surface area contributed by atoms with Crippen molar-refractivity contribution in [2.45, 2.75) is 18.9 Å². The van der Waals surface area contributed by atoms with Crippen molar-refractivity contribution >= 4 is 35.1 Å². The molecule has 0 saturated heterocycles. The molecule has 0 radical (unpaired) electrons. The summed E-state index contributed by atoms with van der Waals surface area (Å²) >= 11 is 12.9. The third-order valence-corrected chi connectivity index (χ3v) is 7.94. The second-order valence-electron chi connectivity index (χ2n) is 10.1. The zero-order chi connectivity index (χ0) is 31.5. The number of anilines is 1. The summed E-state index contributed by atoms with van der Waals surface area (Å²) in [7, 11) is 1.56. The summed E-state index contributed by atoms with van der Waals surface area (Å²) in [6.07, 6.45) is 3.12. The van der Waals surface area contributed by atoms with Crippen LogP contribution in [0.1, 0.15) is 24.0 Å². The molecule has 1 aromatic carbocycles. The Morgan fingerprint density at radius 2 is 2.00 bits per heavy atom. The third kappa shape index (κ3) is 6.31. The predicted molar refractivity (Wildman–Crippen MR) is 165 cm³/mol. The van der Waals surface area contributed by atoms with Gasteiger partial charge in [0.05, 0.1) is 43.8 Å². The molecule has 45 heavy (non-hydrogen) atoms. The SMILES string of the molecule is COCCOCCN(C(=O)O)c1ccc(-c2[nH]c([C@@H]3CCc4cc(-c5cc(Cl)ccc5-n5cnnn5)cc(=O)n43)nc2Cl)cn1. The van der Waals surface area contributed by atoms with E-state index in [0.29, 0.717) is 59.4 Å². The number of halogens is 2. The van der Waals surface area contributed by atoms with Crippen molar-refractivity contribution < 1.29 is 19.4 Å². The van der Waals surface area contributed by atoms with Crippen LogP contribution in [-0.2, 0) is 15.9 Å². The van der Waals surface area contributed by atoms with E-state index in [9.17, 15) is 14.7 Å². The molecule has 4 aromatic heterocycles. The molecule has 1 aliphatic rings. The van der Waals surface area contributed by atoms with E-state index in [1.165, 1.54) is 17.2 Å². The van der Waals surface area contributed by atoms with E-state index < -0.39 is 6.09 Å². The molecule has 14 nitrogen and oxygen atoms in total. The Morgan fingerprint density at radius 1 is 1.13 bits per heavy atom. The lowest BCUT2D eigenvalue weighted by molar-refractivity contribution is 0.0738. The van der Waals surface area contributed by atoms with E-state index in [2.05, 4.69) is 30.5 Å². The molecule has 5 heterocycles. The summed E-state index contributed by atoms with van der Waals surface area (Å²) in [5, 5.41) is 21.8. The number of carboxylic acid groups (broad SMARTS) is 1. The highest BCUT2D eigenvalue weighted by atomic mass is 35.5. The number of aryl methyl sites for hydroxylation is 1. The maximum absolute atomic E-state index is 13.5. The van der Waals surface area contributed by atoms with E-state index in [-0.39, 0.29) is 35.7 Å². The van der Waals surface area contributed by atoms with E-state index in [1.807, 2.05) is 6.07 Å². The number of amides is 1. The molecule has 232 valence electrons. The Labute approximate surface area is 266 Å². The van der Waals surface area contributed by atoms with Crippen LogP contribution in [0.25, 0.3) is 28.1 Å². The highest BCUT2D eigenvalue weighted by Crippen LogP contribution is 2.36. The first-order valence-electron chi connectivity index (χ1n) is 13.9. The van der Waals surface area contributed by atoms with Gasteiger partial charge in [0.2, 0.25) is 0 Å². The lowest BCUT2D eigenvalue weighted by atomic mass is 10.0. The normalized spacial score (nSPS) is 14.1. The zero-order valence-electron chi connectivity index (χ0n) is 23.9. The fourth-order valence-corrected chi connectivity index (χ4v) is 5.76. The van der Waals surface area contributed by atoms with Crippen molar-refractivity contribution in [1.29, 1.82) is 0 Å². The van der Waals surface area contributed by atoms with Gasteiger partial charge in [-0.3, -0.25) is 9.69 Å². The predicted octanol–water partition coefficient (Wildman–Crippen LogP) is 4.27. The Balaban J connectivity index is 1.24. The molecular formula is C29H27Cl2N9O5. The van der Waals surface area contributed by atoms with Crippen LogP contribution < -0.4 is 10.5 Å². The van der Waals surface area contributed by atoms with Gasteiger partial charge in [-0.05, 0) is 65.2 Å². The number of methoxy groups -OCH3 is 1.